The number of Topliss-reactive ketones (excluding diaryl/α,β-unsaturated/α-hetero) is 3. The average Bonchev–Trinajstić information content (AvgIpc) is 2.75. The predicted molar refractivity (Wildman–Crippen MR) is 105 cm³/mol. The molecule has 0 aromatic rings. The Kier molecular flexibility index (Phi) is 14.8. The number of carbonyl (C=O) groups excluding carboxylic acids is 6. The molecule has 0 saturated heterocycles. The minimum atomic E-state index is -1.05. The topological polar surface area (TPSA) is 130 Å². The zero-order chi connectivity index (χ0) is 22.9. The molecule has 0 aromatic heterocycles. The molecule has 0 N–H and O–H groups in total. The summed E-state index contributed by atoms with van der Waals surface area (Å²) >= 11 is 0. The van der Waals surface area contributed by atoms with Gasteiger partial charge in [0, 0.05) is 38.5 Å². The van der Waals surface area contributed by atoms with Crippen molar-refractivity contribution in [3.63, 3.8) is 0 Å². The molecule has 0 aliphatic heterocycles. The van der Waals surface area contributed by atoms with Crippen LogP contribution in [0.4, 0.5) is 0 Å². The minimum absolute atomic E-state index is 0.0277. The van der Waals surface area contributed by atoms with Crippen LogP contribution in [0.2, 0.25) is 0 Å². The first kappa shape index (κ1) is 27.4. The monoisotopic (exact) mass is 428 g/mol. The molecule has 0 unspecified atom stereocenters. The van der Waals surface area contributed by atoms with Crippen molar-refractivity contribution in [2.45, 2.75) is 84.7 Å². The fourth-order valence-corrected chi connectivity index (χ4v) is 2.13. The van der Waals surface area contributed by atoms with Gasteiger partial charge in [0.15, 0.2) is 6.10 Å². The third-order valence-electron chi connectivity index (χ3n) is 4.17. The first-order chi connectivity index (χ1) is 14.2. The Bertz CT molecular complexity index is 574. The van der Waals surface area contributed by atoms with Crippen LogP contribution in [-0.2, 0) is 43.0 Å². The lowest BCUT2D eigenvalue weighted by Crippen LogP contribution is -2.31. The summed E-state index contributed by atoms with van der Waals surface area (Å²) in [5, 5.41) is 0. The summed E-state index contributed by atoms with van der Waals surface area (Å²) in [4.78, 5) is 69.3. The molecular formula is C21H32O9. The van der Waals surface area contributed by atoms with Crippen LogP contribution in [0.5, 0.6) is 0 Å². The SMILES string of the molecule is CCC(=O)CCC(=O)OCC(COC(=O)CCC(=O)CC)OC(=O)CCC(=O)CC. The Morgan fingerprint density at radius 3 is 1.20 bits per heavy atom. The van der Waals surface area contributed by atoms with Crippen LogP contribution in [-0.4, -0.2) is 54.6 Å². The maximum atomic E-state index is 11.9. The average molecular weight is 428 g/mol. The lowest BCUT2D eigenvalue weighted by Gasteiger charge is -2.18. The van der Waals surface area contributed by atoms with Crippen LogP contribution in [0.25, 0.3) is 0 Å². The number of hydrogen-bond donors (Lipinski definition) is 0. The van der Waals surface area contributed by atoms with E-state index in [9.17, 15) is 28.8 Å². The van der Waals surface area contributed by atoms with E-state index in [0.29, 0.717) is 19.3 Å². The second-order valence-electron chi connectivity index (χ2n) is 6.65. The zero-order valence-corrected chi connectivity index (χ0v) is 18.0. The molecule has 30 heavy (non-hydrogen) atoms. The van der Waals surface area contributed by atoms with Gasteiger partial charge in [-0.05, 0) is 0 Å². The zero-order valence-electron chi connectivity index (χ0n) is 18.0. The molecule has 170 valence electrons. The van der Waals surface area contributed by atoms with Gasteiger partial charge < -0.3 is 14.2 Å². The van der Waals surface area contributed by atoms with E-state index in [2.05, 4.69) is 0 Å². The van der Waals surface area contributed by atoms with Crippen LogP contribution in [0.3, 0.4) is 0 Å². The summed E-state index contributed by atoms with van der Waals surface area (Å²) in [6.45, 7) is 4.35. The summed E-state index contributed by atoms with van der Waals surface area (Å²) in [6, 6.07) is 0. The first-order valence-electron chi connectivity index (χ1n) is 10.3. The van der Waals surface area contributed by atoms with Crippen molar-refractivity contribution in [2.24, 2.45) is 0 Å². The van der Waals surface area contributed by atoms with E-state index in [4.69, 9.17) is 14.2 Å². The molecule has 0 heterocycles. The predicted octanol–water partition coefficient (Wildman–Crippen LogP) is 2.26. The molecule has 9 heteroatoms. The van der Waals surface area contributed by atoms with E-state index in [1.54, 1.807) is 20.8 Å². The highest BCUT2D eigenvalue weighted by Gasteiger charge is 2.20. The summed E-state index contributed by atoms with van der Waals surface area (Å²) in [7, 11) is 0. The van der Waals surface area contributed by atoms with Gasteiger partial charge in [-0.15, -0.1) is 0 Å². The number of ketones is 3. The van der Waals surface area contributed by atoms with Gasteiger partial charge in [-0.3, -0.25) is 28.8 Å². The van der Waals surface area contributed by atoms with Crippen LogP contribution in [0.15, 0.2) is 0 Å². The van der Waals surface area contributed by atoms with E-state index < -0.39 is 24.0 Å². The molecule has 9 nitrogen and oxygen atoms in total. The highest BCUT2D eigenvalue weighted by molar-refractivity contribution is 5.84. The maximum Gasteiger partial charge on any atom is 0.306 e. The van der Waals surface area contributed by atoms with E-state index >= 15 is 0 Å². The summed E-state index contributed by atoms with van der Waals surface area (Å²) in [5.74, 6) is -2.21. The smallest absolute Gasteiger partial charge is 0.306 e. The van der Waals surface area contributed by atoms with Crippen LogP contribution >= 0.6 is 0 Å². The molecule has 0 aliphatic rings. The molecule has 0 spiro atoms. The van der Waals surface area contributed by atoms with Crippen molar-refractivity contribution in [3.8, 4) is 0 Å². The van der Waals surface area contributed by atoms with Crippen LogP contribution in [0.1, 0.15) is 78.6 Å². The van der Waals surface area contributed by atoms with Crippen LogP contribution < -0.4 is 0 Å². The number of carbonyl (C=O) groups is 6. The van der Waals surface area contributed by atoms with Crippen molar-refractivity contribution >= 4 is 35.3 Å². The number of ether oxygens (including phenoxy) is 3. The maximum absolute atomic E-state index is 11.9. The summed E-state index contributed by atoms with van der Waals surface area (Å²) in [5.41, 5.74) is 0. The quantitative estimate of drug-likeness (QED) is 0.253. The van der Waals surface area contributed by atoms with Crippen molar-refractivity contribution in [2.75, 3.05) is 13.2 Å². The standard InChI is InChI=1S/C21H32O9/c1-4-15(22)7-10-19(25)28-13-18(30-21(27)12-9-17(24)6-3)14-29-20(26)11-8-16(23)5-2/h18H,4-14H2,1-3H3. The lowest BCUT2D eigenvalue weighted by atomic mass is 10.2. The first-order valence-corrected chi connectivity index (χ1v) is 10.3. The van der Waals surface area contributed by atoms with Gasteiger partial charge in [-0.1, -0.05) is 20.8 Å². The second-order valence-corrected chi connectivity index (χ2v) is 6.65. The Labute approximate surface area is 176 Å². The van der Waals surface area contributed by atoms with Gasteiger partial charge in [0.05, 0.1) is 19.3 Å². The van der Waals surface area contributed by atoms with Gasteiger partial charge >= 0.3 is 17.9 Å². The van der Waals surface area contributed by atoms with Crippen molar-refractivity contribution in [1.82, 2.24) is 0 Å². The van der Waals surface area contributed by atoms with Gasteiger partial charge in [0.25, 0.3) is 0 Å². The lowest BCUT2D eigenvalue weighted by molar-refractivity contribution is -0.167. The molecule has 0 bridgehead atoms. The van der Waals surface area contributed by atoms with Crippen molar-refractivity contribution in [3.05, 3.63) is 0 Å². The summed E-state index contributed by atoms with van der Waals surface area (Å²) in [6.07, 6.45) is -0.306. The number of esters is 3. The van der Waals surface area contributed by atoms with Crippen molar-refractivity contribution < 1.29 is 43.0 Å². The molecule has 0 atom stereocenters. The van der Waals surface area contributed by atoms with E-state index in [0.717, 1.165) is 0 Å². The fraction of sp³-hybridized carbons (Fsp3) is 0.714. The van der Waals surface area contributed by atoms with Gasteiger partial charge in [-0.2, -0.15) is 0 Å². The van der Waals surface area contributed by atoms with Gasteiger partial charge in [0.1, 0.15) is 30.6 Å². The largest absolute Gasteiger partial charge is 0.462 e. The molecule has 0 fully saturated rings. The second kappa shape index (κ2) is 16.2. The molecule has 0 saturated carbocycles. The third kappa shape index (κ3) is 14.4. The van der Waals surface area contributed by atoms with E-state index in [1.165, 1.54) is 0 Å². The minimum Gasteiger partial charge on any atom is -0.462 e. The summed E-state index contributed by atoms with van der Waals surface area (Å²) < 4.78 is 15.2. The molecule has 0 aromatic carbocycles. The highest BCUT2D eigenvalue weighted by atomic mass is 16.6. The fourth-order valence-electron chi connectivity index (χ4n) is 2.13. The molecular weight excluding hydrogens is 396 g/mol. The van der Waals surface area contributed by atoms with Crippen LogP contribution in [0, 0.1) is 0 Å². The molecule has 0 amide bonds. The Morgan fingerprint density at radius 2 is 0.867 bits per heavy atom. The normalized spacial score (nSPS) is 10.4. The van der Waals surface area contributed by atoms with E-state index in [1.807, 2.05) is 0 Å². The molecule has 0 rings (SSSR count). The van der Waals surface area contributed by atoms with Crippen molar-refractivity contribution in [1.29, 1.82) is 0 Å². The van der Waals surface area contributed by atoms with Gasteiger partial charge in [0.2, 0.25) is 0 Å². The third-order valence-corrected chi connectivity index (χ3v) is 4.17. The molecule has 0 radical (unpaired) electrons. The highest BCUT2D eigenvalue weighted by Crippen LogP contribution is 2.06. The Morgan fingerprint density at radius 1 is 0.533 bits per heavy atom. The Balaban J connectivity index is 4.62. The number of rotatable bonds is 17. The van der Waals surface area contributed by atoms with E-state index in [-0.39, 0.29) is 69.1 Å². The number of hydrogen-bond acceptors (Lipinski definition) is 9. The van der Waals surface area contributed by atoms with Gasteiger partial charge in [-0.25, -0.2) is 0 Å². The Hall–Kier alpha value is -2.58. The molecule has 0 aliphatic carbocycles.